The molecule has 0 aromatic carbocycles. The Morgan fingerprint density at radius 1 is 1.33 bits per heavy atom. The van der Waals surface area contributed by atoms with Gasteiger partial charge in [-0.15, -0.1) is 0 Å². The average Bonchev–Trinajstić information content (AvgIpc) is 2.21. The number of amides is 4. The van der Waals surface area contributed by atoms with Gasteiger partial charge < -0.3 is 4.90 Å². The van der Waals surface area contributed by atoms with Gasteiger partial charge in [0.15, 0.2) is 0 Å². The zero-order valence-electron chi connectivity index (χ0n) is 11.0. The van der Waals surface area contributed by atoms with Crippen LogP contribution in [-0.2, 0) is 9.59 Å². The van der Waals surface area contributed by atoms with Crippen LogP contribution in [0, 0.1) is 5.41 Å². The highest BCUT2D eigenvalue weighted by Crippen LogP contribution is 2.44. The van der Waals surface area contributed by atoms with E-state index >= 15 is 0 Å². The SMILES string of the molecule is CC(CN1C(=O)NC(=O)C2(CCC2)C1=O)N(C)C. The van der Waals surface area contributed by atoms with E-state index in [9.17, 15) is 14.4 Å². The summed E-state index contributed by atoms with van der Waals surface area (Å²) < 4.78 is 0. The quantitative estimate of drug-likeness (QED) is 0.729. The number of rotatable bonds is 3. The van der Waals surface area contributed by atoms with E-state index in [1.165, 1.54) is 4.90 Å². The number of urea groups is 1. The molecule has 1 saturated carbocycles. The Labute approximate surface area is 106 Å². The lowest BCUT2D eigenvalue weighted by Gasteiger charge is -2.45. The highest BCUT2D eigenvalue weighted by molar-refractivity contribution is 6.19. The second-order valence-electron chi connectivity index (χ2n) is 5.42. The number of hydrogen-bond donors (Lipinski definition) is 1. The van der Waals surface area contributed by atoms with Crippen LogP contribution < -0.4 is 5.32 Å². The Kier molecular flexibility index (Phi) is 3.14. The molecule has 0 aromatic heterocycles. The fourth-order valence-corrected chi connectivity index (χ4v) is 2.30. The predicted molar refractivity (Wildman–Crippen MR) is 64.7 cm³/mol. The van der Waals surface area contributed by atoms with Gasteiger partial charge in [0.05, 0.1) is 0 Å². The number of likely N-dealkylation sites (N-methyl/N-ethyl adjacent to an activating group) is 1. The van der Waals surface area contributed by atoms with Crippen molar-refractivity contribution in [3.8, 4) is 0 Å². The molecule has 1 N–H and O–H groups in total. The van der Waals surface area contributed by atoms with Crippen LogP contribution in [0.5, 0.6) is 0 Å². The van der Waals surface area contributed by atoms with Crippen LogP contribution in [0.25, 0.3) is 0 Å². The standard InChI is InChI=1S/C12H19N3O3/c1-8(14(2)3)7-15-10(17)12(5-4-6-12)9(16)13-11(15)18/h8H,4-7H2,1-3H3,(H,13,16,18). The molecule has 6 nitrogen and oxygen atoms in total. The van der Waals surface area contributed by atoms with Gasteiger partial charge in [0.25, 0.3) is 0 Å². The molecule has 1 aliphatic carbocycles. The molecular weight excluding hydrogens is 234 g/mol. The van der Waals surface area contributed by atoms with Crippen LogP contribution in [0.2, 0.25) is 0 Å². The summed E-state index contributed by atoms with van der Waals surface area (Å²) in [7, 11) is 3.78. The molecule has 1 heterocycles. The van der Waals surface area contributed by atoms with E-state index in [1.54, 1.807) is 0 Å². The molecule has 0 aromatic rings. The summed E-state index contributed by atoms with van der Waals surface area (Å²) in [5.74, 6) is -0.742. The smallest absolute Gasteiger partial charge is 0.305 e. The van der Waals surface area contributed by atoms with Crippen molar-refractivity contribution in [1.82, 2.24) is 15.1 Å². The third kappa shape index (κ3) is 1.80. The zero-order chi connectivity index (χ0) is 13.5. The van der Waals surface area contributed by atoms with Crippen molar-refractivity contribution < 1.29 is 14.4 Å². The lowest BCUT2D eigenvalue weighted by molar-refractivity contribution is -0.158. The summed E-state index contributed by atoms with van der Waals surface area (Å²) in [6.07, 6.45) is 1.97. The molecular formula is C12H19N3O3. The van der Waals surface area contributed by atoms with Gasteiger partial charge in [0.2, 0.25) is 11.8 Å². The number of carbonyl (C=O) groups is 3. The first-order valence-corrected chi connectivity index (χ1v) is 6.22. The Bertz CT molecular complexity index is 401. The van der Waals surface area contributed by atoms with Crippen LogP contribution >= 0.6 is 0 Å². The largest absolute Gasteiger partial charge is 0.330 e. The maximum Gasteiger partial charge on any atom is 0.330 e. The maximum atomic E-state index is 12.3. The van der Waals surface area contributed by atoms with Crippen LogP contribution in [-0.4, -0.2) is 54.3 Å². The Morgan fingerprint density at radius 2 is 1.94 bits per heavy atom. The number of nitrogens with zero attached hydrogens (tertiary/aromatic N) is 2. The van der Waals surface area contributed by atoms with Crippen LogP contribution in [0.4, 0.5) is 4.79 Å². The van der Waals surface area contributed by atoms with Crippen LogP contribution in [0.15, 0.2) is 0 Å². The van der Waals surface area contributed by atoms with Gasteiger partial charge in [-0.3, -0.25) is 19.8 Å². The van der Waals surface area contributed by atoms with E-state index in [-0.39, 0.29) is 11.9 Å². The van der Waals surface area contributed by atoms with Gasteiger partial charge >= 0.3 is 6.03 Å². The molecule has 18 heavy (non-hydrogen) atoms. The highest BCUT2D eigenvalue weighted by Gasteiger charge is 2.57. The molecule has 6 heteroatoms. The van der Waals surface area contributed by atoms with Crippen molar-refractivity contribution in [1.29, 1.82) is 0 Å². The van der Waals surface area contributed by atoms with Gasteiger partial charge in [-0.25, -0.2) is 4.79 Å². The minimum absolute atomic E-state index is 0.0602. The summed E-state index contributed by atoms with van der Waals surface area (Å²) in [5, 5.41) is 2.31. The predicted octanol–water partition coefficient (Wildman–Crippen LogP) is 0.185. The van der Waals surface area contributed by atoms with Crippen LogP contribution in [0.3, 0.4) is 0 Å². The van der Waals surface area contributed by atoms with Gasteiger partial charge in [-0.2, -0.15) is 0 Å². The molecule has 1 spiro atoms. The molecule has 1 atom stereocenters. The van der Waals surface area contributed by atoms with E-state index < -0.39 is 17.4 Å². The summed E-state index contributed by atoms with van der Waals surface area (Å²) in [6.45, 7) is 2.25. The second-order valence-corrected chi connectivity index (χ2v) is 5.42. The number of barbiturate groups is 1. The molecule has 2 rings (SSSR count). The minimum Gasteiger partial charge on any atom is -0.305 e. The normalized spacial score (nSPS) is 24.2. The Hall–Kier alpha value is -1.43. The molecule has 0 bridgehead atoms. The minimum atomic E-state index is -0.958. The molecule has 2 fully saturated rings. The summed E-state index contributed by atoms with van der Waals surface area (Å²) in [5.41, 5.74) is -0.958. The third-order valence-corrected chi connectivity index (χ3v) is 4.09. The van der Waals surface area contributed by atoms with E-state index in [0.29, 0.717) is 19.4 Å². The summed E-state index contributed by atoms with van der Waals surface area (Å²) in [6, 6.07) is -0.527. The van der Waals surface area contributed by atoms with E-state index in [1.807, 2.05) is 25.9 Å². The second kappa shape index (κ2) is 4.35. The lowest BCUT2D eigenvalue weighted by atomic mass is 9.66. The van der Waals surface area contributed by atoms with Crippen molar-refractivity contribution in [3.63, 3.8) is 0 Å². The van der Waals surface area contributed by atoms with Crippen molar-refractivity contribution >= 4 is 17.8 Å². The molecule has 1 unspecified atom stereocenters. The Morgan fingerprint density at radius 3 is 2.39 bits per heavy atom. The average molecular weight is 253 g/mol. The first-order chi connectivity index (χ1) is 8.38. The molecule has 100 valence electrons. The first kappa shape index (κ1) is 13.0. The number of nitrogens with one attached hydrogen (secondary N) is 1. The van der Waals surface area contributed by atoms with E-state index in [0.717, 1.165) is 6.42 Å². The number of hydrogen-bond acceptors (Lipinski definition) is 4. The Balaban J connectivity index is 2.17. The molecule has 0 radical (unpaired) electrons. The van der Waals surface area contributed by atoms with Gasteiger partial charge in [-0.1, -0.05) is 6.42 Å². The van der Waals surface area contributed by atoms with Gasteiger partial charge in [0, 0.05) is 12.6 Å². The molecule has 1 saturated heterocycles. The fraction of sp³-hybridized carbons (Fsp3) is 0.750. The highest BCUT2D eigenvalue weighted by atomic mass is 16.2. The summed E-state index contributed by atoms with van der Waals surface area (Å²) in [4.78, 5) is 39.0. The first-order valence-electron chi connectivity index (χ1n) is 6.22. The van der Waals surface area contributed by atoms with Gasteiger partial charge in [-0.05, 0) is 33.9 Å². The topological polar surface area (TPSA) is 69.7 Å². The van der Waals surface area contributed by atoms with E-state index in [2.05, 4.69) is 5.32 Å². The summed E-state index contributed by atoms with van der Waals surface area (Å²) >= 11 is 0. The van der Waals surface area contributed by atoms with Gasteiger partial charge in [0.1, 0.15) is 5.41 Å². The maximum absolute atomic E-state index is 12.3. The molecule has 4 amide bonds. The van der Waals surface area contributed by atoms with Crippen LogP contribution in [0.1, 0.15) is 26.2 Å². The lowest BCUT2D eigenvalue weighted by Crippen LogP contribution is -2.67. The van der Waals surface area contributed by atoms with Crippen molar-refractivity contribution in [2.45, 2.75) is 32.2 Å². The van der Waals surface area contributed by atoms with Crippen molar-refractivity contribution in [2.24, 2.45) is 5.41 Å². The molecule has 1 aliphatic heterocycles. The third-order valence-electron chi connectivity index (χ3n) is 4.09. The fourth-order valence-electron chi connectivity index (χ4n) is 2.30. The number of carbonyl (C=O) groups excluding carboxylic acids is 3. The van der Waals surface area contributed by atoms with Crippen molar-refractivity contribution in [2.75, 3.05) is 20.6 Å². The van der Waals surface area contributed by atoms with Crippen molar-refractivity contribution in [3.05, 3.63) is 0 Å². The zero-order valence-corrected chi connectivity index (χ0v) is 11.0. The monoisotopic (exact) mass is 253 g/mol. The number of imide groups is 2. The van der Waals surface area contributed by atoms with E-state index in [4.69, 9.17) is 0 Å². The molecule has 2 aliphatic rings.